The summed E-state index contributed by atoms with van der Waals surface area (Å²) in [5, 5.41) is 6.90. The number of nitrogens with one attached hydrogen (secondary N) is 1. The molecule has 2 aromatic rings. The summed E-state index contributed by atoms with van der Waals surface area (Å²) in [6, 6.07) is 5.17. The number of nitrogens with zero attached hydrogens (tertiary/aromatic N) is 2. The summed E-state index contributed by atoms with van der Waals surface area (Å²) < 4.78 is 6.77. The van der Waals surface area contributed by atoms with Gasteiger partial charge in [-0.25, -0.2) is 0 Å². The number of hydrogen-bond donors (Lipinski definition) is 1. The van der Waals surface area contributed by atoms with Crippen molar-refractivity contribution < 1.29 is 9.21 Å². The first-order chi connectivity index (χ1) is 7.75. The Morgan fingerprint density at radius 3 is 3.12 bits per heavy atom. The third kappa shape index (κ3) is 2.50. The zero-order valence-corrected chi connectivity index (χ0v) is 8.96. The van der Waals surface area contributed by atoms with E-state index in [0.29, 0.717) is 12.3 Å². The highest BCUT2D eigenvalue weighted by Gasteiger charge is 2.12. The van der Waals surface area contributed by atoms with Crippen LogP contribution in [0.3, 0.4) is 0 Å². The van der Waals surface area contributed by atoms with Crippen molar-refractivity contribution in [1.29, 1.82) is 0 Å². The lowest BCUT2D eigenvalue weighted by Gasteiger charge is -2.12. The van der Waals surface area contributed by atoms with Gasteiger partial charge in [0, 0.05) is 18.4 Å². The lowest BCUT2D eigenvalue weighted by Crippen LogP contribution is -2.35. The zero-order valence-electron chi connectivity index (χ0n) is 8.96. The molecule has 5 nitrogen and oxygen atoms in total. The van der Waals surface area contributed by atoms with E-state index in [4.69, 9.17) is 4.42 Å². The first kappa shape index (κ1) is 10.5. The lowest BCUT2D eigenvalue weighted by molar-refractivity contribution is 0.0908. The van der Waals surface area contributed by atoms with Gasteiger partial charge < -0.3 is 9.73 Å². The van der Waals surface area contributed by atoms with Crippen LogP contribution in [0, 0.1) is 0 Å². The van der Waals surface area contributed by atoms with E-state index in [0.717, 1.165) is 0 Å². The number of carbonyl (C=O) groups is 1. The van der Waals surface area contributed by atoms with Gasteiger partial charge in [0.2, 0.25) is 0 Å². The summed E-state index contributed by atoms with van der Waals surface area (Å²) >= 11 is 0. The van der Waals surface area contributed by atoms with Gasteiger partial charge in [0.1, 0.15) is 0 Å². The van der Waals surface area contributed by atoms with Crippen molar-refractivity contribution in [3.05, 3.63) is 42.6 Å². The van der Waals surface area contributed by atoms with Crippen LogP contribution in [0.4, 0.5) is 0 Å². The average molecular weight is 219 g/mol. The highest BCUT2D eigenvalue weighted by Crippen LogP contribution is 2.00. The number of carbonyl (C=O) groups excluding carboxylic acids is 1. The largest absolute Gasteiger partial charge is 0.459 e. The maximum Gasteiger partial charge on any atom is 0.287 e. The molecule has 1 N–H and O–H groups in total. The third-order valence-corrected chi connectivity index (χ3v) is 2.14. The molecule has 0 aliphatic carbocycles. The lowest BCUT2D eigenvalue weighted by atomic mass is 10.3. The summed E-state index contributed by atoms with van der Waals surface area (Å²) in [6.45, 7) is 2.56. The van der Waals surface area contributed by atoms with Crippen molar-refractivity contribution in [2.24, 2.45) is 0 Å². The summed E-state index contributed by atoms with van der Waals surface area (Å²) in [5.41, 5.74) is 0. The Kier molecular flexibility index (Phi) is 3.05. The molecule has 5 heteroatoms. The van der Waals surface area contributed by atoms with Crippen LogP contribution >= 0.6 is 0 Å². The van der Waals surface area contributed by atoms with Crippen molar-refractivity contribution in [3.63, 3.8) is 0 Å². The zero-order chi connectivity index (χ0) is 11.4. The summed E-state index contributed by atoms with van der Waals surface area (Å²) in [4.78, 5) is 11.6. The van der Waals surface area contributed by atoms with Crippen LogP contribution in [0.1, 0.15) is 17.5 Å². The fraction of sp³-hybridized carbons (Fsp3) is 0.273. The molecule has 0 fully saturated rings. The fourth-order valence-corrected chi connectivity index (χ4v) is 1.44. The molecular weight excluding hydrogens is 206 g/mol. The highest BCUT2D eigenvalue weighted by atomic mass is 16.3. The minimum absolute atomic E-state index is 0.00231. The highest BCUT2D eigenvalue weighted by molar-refractivity contribution is 5.91. The van der Waals surface area contributed by atoms with Crippen molar-refractivity contribution in [1.82, 2.24) is 15.1 Å². The van der Waals surface area contributed by atoms with Crippen molar-refractivity contribution in [3.8, 4) is 0 Å². The number of amides is 1. The molecule has 1 atom stereocenters. The van der Waals surface area contributed by atoms with Crippen molar-refractivity contribution >= 4 is 5.91 Å². The monoisotopic (exact) mass is 219 g/mol. The molecule has 0 aliphatic rings. The van der Waals surface area contributed by atoms with E-state index in [9.17, 15) is 4.79 Å². The van der Waals surface area contributed by atoms with E-state index in [1.54, 1.807) is 23.0 Å². The van der Waals surface area contributed by atoms with E-state index in [2.05, 4.69) is 10.4 Å². The van der Waals surface area contributed by atoms with Gasteiger partial charge in [-0.15, -0.1) is 0 Å². The molecule has 0 saturated heterocycles. The van der Waals surface area contributed by atoms with Gasteiger partial charge in [0.25, 0.3) is 5.91 Å². The van der Waals surface area contributed by atoms with E-state index in [1.807, 2.05) is 19.2 Å². The molecule has 0 saturated carbocycles. The number of aromatic nitrogens is 2. The topological polar surface area (TPSA) is 60.1 Å². The third-order valence-electron chi connectivity index (χ3n) is 2.14. The van der Waals surface area contributed by atoms with Crippen LogP contribution in [0.5, 0.6) is 0 Å². The second kappa shape index (κ2) is 4.65. The summed E-state index contributed by atoms with van der Waals surface area (Å²) in [5.74, 6) is 0.122. The van der Waals surface area contributed by atoms with E-state index >= 15 is 0 Å². The van der Waals surface area contributed by atoms with Gasteiger partial charge in [-0.3, -0.25) is 9.48 Å². The molecule has 16 heavy (non-hydrogen) atoms. The Morgan fingerprint density at radius 1 is 1.62 bits per heavy atom. The molecule has 0 radical (unpaired) electrons. The Labute approximate surface area is 93.1 Å². The average Bonchev–Trinajstić information content (AvgIpc) is 2.88. The molecule has 84 valence electrons. The van der Waals surface area contributed by atoms with Crippen LogP contribution in [0.25, 0.3) is 0 Å². The molecule has 2 heterocycles. The summed E-state index contributed by atoms with van der Waals surface area (Å²) in [6.07, 6.45) is 5.05. The quantitative estimate of drug-likeness (QED) is 0.843. The van der Waals surface area contributed by atoms with Crippen LogP contribution in [-0.4, -0.2) is 21.7 Å². The number of rotatable bonds is 4. The number of hydrogen-bond acceptors (Lipinski definition) is 3. The molecule has 2 aromatic heterocycles. The molecule has 0 aromatic carbocycles. The Morgan fingerprint density at radius 2 is 2.50 bits per heavy atom. The van der Waals surface area contributed by atoms with Crippen LogP contribution in [0.2, 0.25) is 0 Å². The Bertz CT molecular complexity index is 434. The van der Waals surface area contributed by atoms with Crippen molar-refractivity contribution in [2.45, 2.75) is 19.5 Å². The van der Waals surface area contributed by atoms with Crippen LogP contribution in [-0.2, 0) is 6.54 Å². The second-order valence-corrected chi connectivity index (χ2v) is 3.58. The van der Waals surface area contributed by atoms with Crippen LogP contribution < -0.4 is 5.32 Å². The van der Waals surface area contributed by atoms with Gasteiger partial charge in [-0.1, -0.05) is 0 Å². The molecule has 1 amide bonds. The Balaban J connectivity index is 1.88. The molecule has 0 bridgehead atoms. The maximum atomic E-state index is 11.6. The van der Waals surface area contributed by atoms with Crippen molar-refractivity contribution in [2.75, 3.05) is 0 Å². The molecule has 0 unspecified atom stereocenters. The first-order valence-corrected chi connectivity index (χ1v) is 5.07. The predicted molar refractivity (Wildman–Crippen MR) is 57.9 cm³/mol. The minimum Gasteiger partial charge on any atom is -0.459 e. The number of furan rings is 1. The first-order valence-electron chi connectivity index (χ1n) is 5.07. The second-order valence-electron chi connectivity index (χ2n) is 3.58. The fourth-order valence-electron chi connectivity index (χ4n) is 1.44. The molecule has 0 spiro atoms. The smallest absolute Gasteiger partial charge is 0.287 e. The molecule has 2 rings (SSSR count). The van der Waals surface area contributed by atoms with E-state index < -0.39 is 0 Å². The van der Waals surface area contributed by atoms with E-state index in [1.165, 1.54) is 6.26 Å². The standard InChI is InChI=1S/C11H13N3O2/c1-9(8-14-6-3-5-12-14)13-11(15)10-4-2-7-16-10/h2-7,9H,8H2,1H3,(H,13,15)/t9-/m0/s1. The normalized spacial score (nSPS) is 12.3. The maximum absolute atomic E-state index is 11.6. The predicted octanol–water partition coefficient (Wildman–Crippen LogP) is 1.29. The van der Waals surface area contributed by atoms with Gasteiger partial charge in [0.15, 0.2) is 5.76 Å². The minimum atomic E-state index is -0.204. The molecular formula is C11H13N3O2. The van der Waals surface area contributed by atoms with Gasteiger partial charge in [-0.2, -0.15) is 5.10 Å². The van der Waals surface area contributed by atoms with Gasteiger partial charge in [-0.05, 0) is 25.1 Å². The van der Waals surface area contributed by atoms with Gasteiger partial charge in [0.05, 0.1) is 12.8 Å². The molecule has 0 aliphatic heterocycles. The van der Waals surface area contributed by atoms with Gasteiger partial charge >= 0.3 is 0 Å². The van der Waals surface area contributed by atoms with Crippen LogP contribution in [0.15, 0.2) is 41.3 Å². The summed E-state index contributed by atoms with van der Waals surface area (Å²) in [7, 11) is 0. The Hall–Kier alpha value is -2.04. The van der Waals surface area contributed by atoms with E-state index in [-0.39, 0.29) is 11.9 Å². The SMILES string of the molecule is C[C@@H](Cn1cccn1)NC(=O)c1ccco1.